The molecule has 1 aliphatic rings. The van der Waals surface area contributed by atoms with Gasteiger partial charge >= 0.3 is 12.0 Å². The number of carboxylic acid groups (broad SMARTS) is 1. The topological polar surface area (TPSA) is 72.9 Å². The summed E-state index contributed by atoms with van der Waals surface area (Å²) in [5.41, 5.74) is 0. The molecule has 0 saturated carbocycles. The number of nitrogens with zero attached hydrogens (tertiary/aromatic N) is 2. The number of thioether (sulfide) groups is 1. The molecule has 0 aromatic rings. The number of nitrogens with one attached hydrogen (secondary N) is 1. The standard InChI is InChI=1S/C11H21N3O3S/c1-18-9-3-12-11(17)14-7-5-13(6-8-14)4-2-10(15)16/h2-9H2,1H3,(H,12,17)(H,15,16). The number of urea groups is 1. The van der Waals surface area contributed by atoms with Crippen LogP contribution in [0.3, 0.4) is 0 Å². The van der Waals surface area contributed by atoms with Gasteiger partial charge in [0, 0.05) is 45.0 Å². The first-order valence-corrected chi connectivity index (χ1v) is 7.48. The van der Waals surface area contributed by atoms with Crippen molar-refractivity contribution in [1.29, 1.82) is 0 Å². The van der Waals surface area contributed by atoms with E-state index in [4.69, 9.17) is 5.11 Å². The van der Waals surface area contributed by atoms with Crippen LogP contribution in [-0.2, 0) is 4.79 Å². The minimum Gasteiger partial charge on any atom is -0.481 e. The van der Waals surface area contributed by atoms with E-state index in [-0.39, 0.29) is 12.5 Å². The van der Waals surface area contributed by atoms with E-state index >= 15 is 0 Å². The van der Waals surface area contributed by atoms with Crippen LogP contribution in [0.1, 0.15) is 6.42 Å². The van der Waals surface area contributed by atoms with Gasteiger partial charge in [-0.05, 0) is 6.26 Å². The van der Waals surface area contributed by atoms with Gasteiger partial charge in [-0.15, -0.1) is 0 Å². The summed E-state index contributed by atoms with van der Waals surface area (Å²) in [7, 11) is 0. The lowest BCUT2D eigenvalue weighted by Gasteiger charge is -2.34. The van der Waals surface area contributed by atoms with Gasteiger partial charge in [-0.2, -0.15) is 11.8 Å². The molecule has 0 unspecified atom stereocenters. The molecule has 1 aliphatic heterocycles. The van der Waals surface area contributed by atoms with Gasteiger partial charge < -0.3 is 15.3 Å². The van der Waals surface area contributed by atoms with Crippen molar-refractivity contribution in [1.82, 2.24) is 15.1 Å². The summed E-state index contributed by atoms with van der Waals surface area (Å²) in [5.74, 6) is 0.150. The van der Waals surface area contributed by atoms with E-state index in [9.17, 15) is 9.59 Å². The molecule has 0 spiro atoms. The van der Waals surface area contributed by atoms with Crippen LogP contribution < -0.4 is 5.32 Å². The van der Waals surface area contributed by atoms with E-state index in [1.165, 1.54) is 0 Å². The molecule has 0 bridgehead atoms. The summed E-state index contributed by atoms with van der Waals surface area (Å²) in [6.45, 7) is 4.11. The second kappa shape index (κ2) is 8.20. The Labute approximate surface area is 112 Å². The molecule has 0 radical (unpaired) electrons. The molecule has 1 fully saturated rings. The second-order valence-corrected chi connectivity index (χ2v) is 5.18. The second-order valence-electron chi connectivity index (χ2n) is 4.20. The summed E-state index contributed by atoms with van der Waals surface area (Å²) >= 11 is 1.70. The van der Waals surface area contributed by atoms with E-state index in [2.05, 4.69) is 10.2 Å². The van der Waals surface area contributed by atoms with Crippen molar-refractivity contribution in [2.45, 2.75) is 6.42 Å². The number of hydrogen-bond acceptors (Lipinski definition) is 4. The van der Waals surface area contributed by atoms with E-state index in [1.807, 2.05) is 6.26 Å². The van der Waals surface area contributed by atoms with E-state index in [0.717, 1.165) is 18.8 Å². The van der Waals surface area contributed by atoms with Crippen LogP contribution in [0.5, 0.6) is 0 Å². The Kier molecular flexibility index (Phi) is 6.89. The van der Waals surface area contributed by atoms with Crippen molar-refractivity contribution in [3.63, 3.8) is 0 Å². The number of carbonyl (C=O) groups is 2. The maximum Gasteiger partial charge on any atom is 0.317 e. The number of carboxylic acids is 1. The highest BCUT2D eigenvalue weighted by Gasteiger charge is 2.20. The Morgan fingerprint density at radius 3 is 2.50 bits per heavy atom. The average molecular weight is 275 g/mol. The zero-order chi connectivity index (χ0) is 13.4. The van der Waals surface area contributed by atoms with Crippen molar-refractivity contribution in [3.05, 3.63) is 0 Å². The first-order chi connectivity index (χ1) is 8.63. The van der Waals surface area contributed by atoms with E-state index in [1.54, 1.807) is 16.7 Å². The molecular formula is C11H21N3O3S. The van der Waals surface area contributed by atoms with Crippen LogP contribution in [0.15, 0.2) is 0 Å². The number of amides is 2. The average Bonchev–Trinajstić information content (AvgIpc) is 2.37. The number of carbonyl (C=O) groups excluding carboxylic acids is 1. The Morgan fingerprint density at radius 1 is 1.28 bits per heavy atom. The van der Waals surface area contributed by atoms with Gasteiger partial charge in [-0.25, -0.2) is 4.79 Å². The number of hydrogen-bond donors (Lipinski definition) is 2. The Morgan fingerprint density at radius 2 is 1.94 bits per heavy atom. The van der Waals surface area contributed by atoms with Gasteiger partial charge in [-0.3, -0.25) is 9.69 Å². The third-order valence-corrected chi connectivity index (χ3v) is 3.50. The smallest absolute Gasteiger partial charge is 0.317 e. The molecule has 104 valence electrons. The third-order valence-electron chi connectivity index (χ3n) is 2.88. The first kappa shape index (κ1) is 15.1. The van der Waals surface area contributed by atoms with Gasteiger partial charge in [0.25, 0.3) is 0 Å². The number of aliphatic carboxylic acids is 1. The quantitative estimate of drug-likeness (QED) is 0.675. The molecule has 0 atom stereocenters. The fourth-order valence-electron chi connectivity index (χ4n) is 1.80. The molecule has 6 nitrogen and oxygen atoms in total. The fraction of sp³-hybridized carbons (Fsp3) is 0.818. The molecular weight excluding hydrogens is 254 g/mol. The zero-order valence-corrected chi connectivity index (χ0v) is 11.5. The minimum absolute atomic E-state index is 0.0121. The monoisotopic (exact) mass is 275 g/mol. The highest BCUT2D eigenvalue weighted by molar-refractivity contribution is 7.98. The maximum atomic E-state index is 11.7. The largest absolute Gasteiger partial charge is 0.481 e. The normalized spacial score (nSPS) is 16.6. The Balaban J connectivity index is 2.17. The lowest BCUT2D eigenvalue weighted by atomic mass is 10.3. The lowest BCUT2D eigenvalue weighted by molar-refractivity contribution is -0.137. The zero-order valence-electron chi connectivity index (χ0n) is 10.7. The molecule has 0 aliphatic carbocycles. The molecule has 1 rings (SSSR count). The van der Waals surface area contributed by atoms with Crippen LogP contribution in [0, 0.1) is 0 Å². The fourth-order valence-corrected chi connectivity index (χ4v) is 2.11. The van der Waals surface area contributed by atoms with Crippen LogP contribution >= 0.6 is 11.8 Å². The molecule has 2 amide bonds. The maximum absolute atomic E-state index is 11.7. The molecule has 1 saturated heterocycles. The van der Waals surface area contributed by atoms with Crippen LogP contribution in [-0.4, -0.2) is 78.2 Å². The first-order valence-electron chi connectivity index (χ1n) is 6.09. The molecule has 2 N–H and O–H groups in total. The van der Waals surface area contributed by atoms with Gasteiger partial charge in [0.05, 0.1) is 6.42 Å². The summed E-state index contributed by atoms with van der Waals surface area (Å²) in [6.07, 6.45) is 2.17. The summed E-state index contributed by atoms with van der Waals surface area (Å²) in [5, 5.41) is 11.5. The minimum atomic E-state index is -0.771. The predicted octanol–water partition coefficient (Wildman–Crippen LogP) is 0.151. The Hall–Kier alpha value is -0.950. The van der Waals surface area contributed by atoms with Crippen LogP contribution in [0.2, 0.25) is 0 Å². The molecule has 1 heterocycles. The summed E-state index contributed by atoms with van der Waals surface area (Å²) in [4.78, 5) is 26.1. The van der Waals surface area contributed by atoms with E-state index < -0.39 is 5.97 Å². The van der Waals surface area contributed by atoms with Crippen molar-refractivity contribution < 1.29 is 14.7 Å². The summed E-state index contributed by atoms with van der Waals surface area (Å²) in [6, 6.07) is -0.0121. The van der Waals surface area contributed by atoms with E-state index in [0.29, 0.717) is 26.2 Å². The SMILES string of the molecule is CSCCNC(=O)N1CCN(CCC(=O)O)CC1. The number of rotatable bonds is 6. The molecule has 7 heteroatoms. The van der Waals surface area contributed by atoms with Crippen molar-refractivity contribution in [3.8, 4) is 0 Å². The van der Waals surface area contributed by atoms with Crippen molar-refractivity contribution in [2.75, 3.05) is 51.3 Å². The summed E-state index contributed by atoms with van der Waals surface area (Å²) < 4.78 is 0. The van der Waals surface area contributed by atoms with Crippen molar-refractivity contribution >= 4 is 23.8 Å². The Bertz CT molecular complexity index is 281. The molecule has 0 aromatic carbocycles. The number of piperazine rings is 1. The third kappa shape index (κ3) is 5.59. The lowest BCUT2D eigenvalue weighted by Crippen LogP contribution is -2.52. The highest BCUT2D eigenvalue weighted by atomic mass is 32.2. The van der Waals surface area contributed by atoms with Crippen molar-refractivity contribution in [2.24, 2.45) is 0 Å². The van der Waals surface area contributed by atoms with Crippen LogP contribution in [0.25, 0.3) is 0 Å². The van der Waals surface area contributed by atoms with Gasteiger partial charge in [0.2, 0.25) is 0 Å². The van der Waals surface area contributed by atoms with Gasteiger partial charge in [0.15, 0.2) is 0 Å². The van der Waals surface area contributed by atoms with Gasteiger partial charge in [0.1, 0.15) is 0 Å². The molecule has 18 heavy (non-hydrogen) atoms. The predicted molar refractivity (Wildman–Crippen MR) is 72.0 cm³/mol. The van der Waals surface area contributed by atoms with Gasteiger partial charge in [-0.1, -0.05) is 0 Å². The molecule has 0 aromatic heterocycles. The highest BCUT2D eigenvalue weighted by Crippen LogP contribution is 2.03. The van der Waals surface area contributed by atoms with Crippen LogP contribution in [0.4, 0.5) is 4.79 Å².